The van der Waals surface area contributed by atoms with Crippen LogP contribution in [0.15, 0.2) is 36.4 Å². The van der Waals surface area contributed by atoms with E-state index in [0.717, 1.165) is 11.6 Å². The summed E-state index contributed by atoms with van der Waals surface area (Å²) in [5.41, 5.74) is 1.67. The summed E-state index contributed by atoms with van der Waals surface area (Å²) in [6.07, 6.45) is 0. The first-order valence-electron chi connectivity index (χ1n) is 5.28. The van der Waals surface area contributed by atoms with Crippen molar-refractivity contribution >= 4 is 5.97 Å². The van der Waals surface area contributed by atoms with Crippen molar-refractivity contribution in [3.63, 3.8) is 0 Å². The lowest BCUT2D eigenvalue weighted by molar-refractivity contribution is 0.0697. The van der Waals surface area contributed by atoms with Gasteiger partial charge in [0.25, 0.3) is 0 Å². The first-order valence-corrected chi connectivity index (χ1v) is 5.28. The second-order valence-electron chi connectivity index (χ2n) is 3.99. The lowest BCUT2D eigenvalue weighted by Crippen LogP contribution is -1.97. The third-order valence-corrected chi connectivity index (χ3v) is 2.66. The smallest absolute Gasteiger partial charge is 0.335 e. The zero-order chi connectivity index (χ0) is 13.3. The summed E-state index contributed by atoms with van der Waals surface area (Å²) in [6, 6.07) is 7.61. The van der Waals surface area contributed by atoms with Crippen molar-refractivity contribution in [1.82, 2.24) is 0 Å². The van der Waals surface area contributed by atoms with Crippen molar-refractivity contribution in [2.75, 3.05) is 0 Å². The number of hydrogen-bond donors (Lipinski definition) is 1. The Morgan fingerprint density at radius 1 is 1.06 bits per heavy atom. The standard InChI is InChI=1S/C14H10F2O2/c1-8-2-3-9(14(17)18)6-13(8)10-4-11(15)7-12(16)5-10/h2-7H,1H3,(H,17,18). The molecule has 0 radical (unpaired) electrons. The summed E-state index contributed by atoms with van der Waals surface area (Å²) in [5.74, 6) is -2.46. The van der Waals surface area contributed by atoms with E-state index in [1.807, 2.05) is 0 Å². The van der Waals surface area contributed by atoms with Crippen LogP contribution in [0.5, 0.6) is 0 Å². The van der Waals surface area contributed by atoms with Crippen molar-refractivity contribution in [2.45, 2.75) is 6.92 Å². The maximum Gasteiger partial charge on any atom is 0.335 e. The first-order chi connectivity index (χ1) is 8.47. The van der Waals surface area contributed by atoms with Gasteiger partial charge in [0.2, 0.25) is 0 Å². The molecule has 0 aliphatic heterocycles. The third-order valence-electron chi connectivity index (χ3n) is 2.66. The number of benzene rings is 2. The SMILES string of the molecule is Cc1ccc(C(=O)O)cc1-c1cc(F)cc(F)c1. The minimum atomic E-state index is -1.08. The Morgan fingerprint density at radius 3 is 2.22 bits per heavy atom. The van der Waals surface area contributed by atoms with E-state index in [-0.39, 0.29) is 5.56 Å². The molecule has 92 valence electrons. The highest BCUT2D eigenvalue weighted by Gasteiger charge is 2.09. The summed E-state index contributed by atoms with van der Waals surface area (Å²) in [5, 5.41) is 8.91. The van der Waals surface area contributed by atoms with Crippen LogP contribution in [0, 0.1) is 18.6 Å². The van der Waals surface area contributed by atoms with Gasteiger partial charge in [-0.2, -0.15) is 0 Å². The number of hydrogen-bond acceptors (Lipinski definition) is 1. The van der Waals surface area contributed by atoms with E-state index >= 15 is 0 Å². The van der Waals surface area contributed by atoms with Crippen LogP contribution >= 0.6 is 0 Å². The number of rotatable bonds is 2. The zero-order valence-corrected chi connectivity index (χ0v) is 9.58. The van der Waals surface area contributed by atoms with Crippen LogP contribution in [-0.4, -0.2) is 11.1 Å². The summed E-state index contributed by atoms with van der Waals surface area (Å²) in [7, 11) is 0. The Kier molecular flexibility index (Phi) is 3.10. The Labute approximate surface area is 103 Å². The number of carbonyl (C=O) groups is 1. The molecular formula is C14H10F2O2. The molecule has 0 spiro atoms. The van der Waals surface area contributed by atoms with E-state index in [2.05, 4.69) is 0 Å². The first kappa shape index (κ1) is 12.2. The van der Waals surface area contributed by atoms with E-state index in [4.69, 9.17) is 5.11 Å². The van der Waals surface area contributed by atoms with E-state index in [0.29, 0.717) is 11.1 Å². The Morgan fingerprint density at radius 2 is 1.67 bits per heavy atom. The Bertz CT molecular complexity index is 601. The van der Waals surface area contributed by atoms with Crippen LogP contribution in [0.25, 0.3) is 11.1 Å². The average molecular weight is 248 g/mol. The van der Waals surface area contributed by atoms with Crippen LogP contribution in [0.3, 0.4) is 0 Å². The quantitative estimate of drug-likeness (QED) is 0.880. The maximum atomic E-state index is 13.1. The Balaban J connectivity index is 2.62. The van der Waals surface area contributed by atoms with E-state index in [1.165, 1.54) is 24.3 Å². The van der Waals surface area contributed by atoms with Gasteiger partial charge in [0, 0.05) is 6.07 Å². The van der Waals surface area contributed by atoms with E-state index in [1.54, 1.807) is 13.0 Å². The molecule has 0 amide bonds. The zero-order valence-electron chi connectivity index (χ0n) is 9.58. The summed E-state index contributed by atoms with van der Waals surface area (Å²) in [4.78, 5) is 10.9. The van der Waals surface area contributed by atoms with Gasteiger partial charge in [-0.3, -0.25) is 0 Å². The molecule has 1 N–H and O–H groups in total. The van der Waals surface area contributed by atoms with Crippen molar-refractivity contribution in [3.8, 4) is 11.1 Å². The molecule has 2 nitrogen and oxygen atoms in total. The highest BCUT2D eigenvalue weighted by molar-refractivity contribution is 5.89. The predicted molar refractivity (Wildman–Crippen MR) is 63.5 cm³/mol. The monoisotopic (exact) mass is 248 g/mol. The van der Waals surface area contributed by atoms with E-state index in [9.17, 15) is 13.6 Å². The van der Waals surface area contributed by atoms with Gasteiger partial charge in [-0.1, -0.05) is 6.07 Å². The molecule has 0 fully saturated rings. The molecule has 0 aliphatic carbocycles. The predicted octanol–water partition coefficient (Wildman–Crippen LogP) is 3.64. The van der Waals surface area contributed by atoms with Gasteiger partial charge >= 0.3 is 5.97 Å². The number of aromatic carboxylic acids is 1. The molecule has 0 bridgehead atoms. The fourth-order valence-electron chi connectivity index (χ4n) is 1.78. The molecule has 18 heavy (non-hydrogen) atoms. The second-order valence-corrected chi connectivity index (χ2v) is 3.99. The molecule has 2 aromatic rings. The Hall–Kier alpha value is -2.23. The van der Waals surface area contributed by atoms with Crippen LogP contribution in [0.1, 0.15) is 15.9 Å². The molecule has 0 aliphatic rings. The van der Waals surface area contributed by atoms with Gasteiger partial charge in [-0.15, -0.1) is 0 Å². The topological polar surface area (TPSA) is 37.3 Å². The highest BCUT2D eigenvalue weighted by Crippen LogP contribution is 2.26. The number of carboxylic acid groups (broad SMARTS) is 1. The summed E-state index contributed by atoms with van der Waals surface area (Å²) in [6.45, 7) is 1.75. The number of halogens is 2. The summed E-state index contributed by atoms with van der Waals surface area (Å²) >= 11 is 0. The summed E-state index contributed by atoms with van der Waals surface area (Å²) < 4.78 is 26.3. The van der Waals surface area contributed by atoms with Crippen LogP contribution in [0.4, 0.5) is 8.78 Å². The average Bonchev–Trinajstić information content (AvgIpc) is 2.27. The molecule has 0 saturated heterocycles. The van der Waals surface area contributed by atoms with Gasteiger partial charge in [-0.05, 0) is 47.9 Å². The molecule has 4 heteroatoms. The molecule has 2 aromatic carbocycles. The lowest BCUT2D eigenvalue weighted by Gasteiger charge is -2.08. The van der Waals surface area contributed by atoms with Crippen molar-refractivity contribution in [1.29, 1.82) is 0 Å². The van der Waals surface area contributed by atoms with Crippen LogP contribution in [-0.2, 0) is 0 Å². The lowest BCUT2D eigenvalue weighted by atomic mass is 9.98. The van der Waals surface area contributed by atoms with Crippen molar-refractivity contribution < 1.29 is 18.7 Å². The molecular weight excluding hydrogens is 238 g/mol. The van der Waals surface area contributed by atoms with Crippen molar-refractivity contribution in [3.05, 3.63) is 59.2 Å². The van der Waals surface area contributed by atoms with E-state index < -0.39 is 17.6 Å². The number of carboxylic acids is 1. The second kappa shape index (κ2) is 4.56. The van der Waals surface area contributed by atoms with Crippen molar-refractivity contribution in [2.24, 2.45) is 0 Å². The van der Waals surface area contributed by atoms with Gasteiger partial charge in [-0.25, -0.2) is 13.6 Å². The van der Waals surface area contributed by atoms with Gasteiger partial charge < -0.3 is 5.11 Å². The molecule has 0 saturated carbocycles. The molecule has 0 heterocycles. The normalized spacial score (nSPS) is 10.4. The minimum absolute atomic E-state index is 0.0836. The molecule has 2 rings (SSSR count). The molecule has 0 unspecified atom stereocenters. The van der Waals surface area contributed by atoms with Gasteiger partial charge in [0.15, 0.2) is 0 Å². The minimum Gasteiger partial charge on any atom is -0.478 e. The molecule has 0 atom stereocenters. The number of aryl methyl sites for hydroxylation is 1. The largest absolute Gasteiger partial charge is 0.478 e. The van der Waals surface area contributed by atoms with Gasteiger partial charge in [0.1, 0.15) is 11.6 Å². The fraction of sp³-hybridized carbons (Fsp3) is 0.0714. The third kappa shape index (κ3) is 2.37. The highest BCUT2D eigenvalue weighted by atomic mass is 19.1. The fourth-order valence-corrected chi connectivity index (χ4v) is 1.78. The molecule has 0 aromatic heterocycles. The van der Waals surface area contributed by atoms with Crippen LogP contribution in [0.2, 0.25) is 0 Å². The maximum absolute atomic E-state index is 13.1. The van der Waals surface area contributed by atoms with Crippen LogP contribution < -0.4 is 0 Å². The van der Waals surface area contributed by atoms with Gasteiger partial charge in [0.05, 0.1) is 5.56 Å².